The smallest absolute Gasteiger partial charge is 0.335 e. The van der Waals surface area contributed by atoms with Crippen molar-refractivity contribution in [2.75, 3.05) is 0 Å². The zero-order valence-corrected chi connectivity index (χ0v) is 13.7. The monoisotopic (exact) mass is 306 g/mol. The lowest BCUT2D eigenvalue weighted by Gasteiger charge is -2.12. The topological polar surface area (TPSA) is 74.6 Å². The van der Waals surface area contributed by atoms with E-state index in [0.717, 1.165) is 19.3 Å². The first-order chi connectivity index (χ1) is 10.3. The van der Waals surface area contributed by atoms with Gasteiger partial charge in [0.1, 0.15) is 0 Å². The minimum Gasteiger partial charge on any atom is -0.478 e. The Hall–Kier alpha value is -1.84. The van der Waals surface area contributed by atoms with Crippen molar-refractivity contribution in [2.24, 2.45) is 5.92 Å². The second kappa shape index (κ2) is 8.57. The fourth-order valence-corrected chi connectivity index (χ4v) is 2.72. The maximum Gasteiger partial charge on any atom is 0.335 e. The third kappa shape index (κ3) is 5.17. The third-order valence-electron chi connectivity index (χ3n) is 4.02. The number of hydrogen-bond acceptors (Lipinski definition) is 2. The lowest BCUT2D eigenvalue weighted by molar-refractivity contribution is 0.0679. The molecule has 1 aromatic rings. The van der Waals surface area contributed by atoms with Gasteiger partial charge in [-0.2, -0.15) is 0 Å². The molecule has 0 unspecified atom stereocenters. The molecule has 0 spiro atoms. The van der Waals surface area contributed by atoms with E-state index >= 15 is 0 Å². The number of rotatable bonds is 9. The zero-order valence-electron chi connectivity index (χ0n) is 13.7. The maximum atomic E-state index is 11.3. The first-order valence-corrected chi connectivity index (χ1v) is 7.93. The van der Waals surface area contributed by atoms with Crippen LogP contribution in [0.1, 0.15) is 77.8 Å². The number of hydrogen-bond donors (Lipinski definition) is 2. The van der Waals surface area contributed by atoms with E-state index in [1.165, 1.54) is 25.0 Å². The number of benzene rings is 1. The van der Waals surface area contributed by atoms with Crippen LogP contribution in [0.4, 0.5) is 0 Å². The first kappa shape index (κ1) is 18.2. The van der Waals surface area contributed by atoms with Crippen molar-refractivity contribution >= 4 is 11.9 Å². The van der Waals surface area contributed by atoms with Crippen LogP contribution in [0.5, 0.6) is 0 Å². The largest absolute Gasteiger partial charge is 0.478 e. The molecule has 0 atom stereocenters. The van der Waals surface area contributed by atoms with Crippen molar-refractivity contribution in [1.82, 2.24) is 0 Å². The molecule has 122 valence electrons. The zero-order chi connectivity index (χ0) is 16.7. The molecule has 0 radical (unpaired) electrons. The highest BCUT2D eigenvalue weighted by atomic mass is 16.4. The average Bonchev–Trinajstić information content (AvgIpc) is 2.42. The fraction of sp³-hybridized carbons (Fsp3) is 0.556. The number of carboxylic acid groups (broad SMARTS) is 2. The van der Waals surface area contributed by atoms with Gasteiger partial charge in [0.05, 0.1) is 11.1 Å². The van der Waals surface area contributed by atoms with Gasteiger partial charge in [0, 0.05) is 0 Å². The van der Waals surface area contributed by atoms with E-state index in [2.05, 4.69) is 13.8 Å². The van der Waals surface area contributed by atoms with Crippen molar-refractivity contribution in [2.45, 2.75) is 59.3 Å². The van der Waals surface area contributed by atoms with E-state index in [1.54, 1.807) is 6.92 Å². The van der Waals surface area contributed by atoms with E-state index < -0.39 is 11.9 Å². The molecular weight excluding hydrogens is 280 g/mol. The fourth-order valence-electron chi connectivity index (χ4n) is 2.72. The molecule has 0 aliphatic rings. The minimum atomic E-state index is -1.01. The highest BCUT2D eigenvalue weighted by Crippen LogP contribution is 2.22. The summed E-state index contributed by atoms with van der Waals surface area (Å²) in [4.78, 5) is 22.5. The van der Waals surface area contributed by atoms with E-state index in [-0.39, 0.29) is 11.1 Å². The Bertz CT molecular complexity index is 532. The summed E-state index contributed by atoms with van der Waals surface area (Å²) in [6.45, 7) is 6.11. The van der Waals surface area contributed by atoms with Gasteiger partial charge in [0.2, 0.25) is 0 Å². The predicted octanol–water partition coefficient (Wildman–Crippen LogP) is 4.54. The molecule has 0 saturated carbocycles. The molecule has 0 amide bonds. The molecule has 0 heterocycles. The van der Waals surface area contributed by atoms with E-state index in [1.807, 2.05) is 0 Å². The lowest BCUT2D eigenvalue weighted by Crippen LogP contribution is -2.09. The van der Waals surface area contributed by atoms with Crippen LogP contribution in [-0.4, -0.2) is 22.2 Å². The molecule has 1 aromatic carbocycles. The van der Waals surface area contributed by atoms with Crippen molar-refractivity contribution in [1.29, 1.82) is 0 Å². The number of carboxylic acids is 2. The molecule has 1 rings (SSSR count). The highest BCUT2D eigenvalue weighted by Gasteiger charge is 2.17. The second-order valence-electron chi connectivity index (χ2n) is 6.22. The molecule has 0 bridgehead atoms. The number of carbonyl (C=O) groups is 2. The van der Waals surface area contributed by atoms with E-state index in [9.17, 15) is 14.7 Å². The van der Waals surface area contributed by atoms with Crippen molar-refractivity contribution in [3.05, 3.63) is 34.4 Å². The van der Waals surface area contributed by atoms with Gasteiger partial charge < -0.3 is 10.2 Å². The molecule has 22 heavy (non-hydrogen) atoms. The van der Waals surface area contributed by atoms with Gasteiger partial charge in [-0.25, -0.2) is 9.59 Å². The van der Waals surface area contributed by atoms with Gasteiger partial charge in [-0.15, -0.1) is 0 Å². The number of aromatic carboxylic acids is 2. The van der Waals surface area contributed by atoms with Crippen LogP contribution in [0.3, 0.4) is 0 Å². The predicted molar refractivity (Wildman–Crippen MR) is 86.7 cm³/mol. The van der Waals surface area contributed by atoms with Crippen LogP contribution < -0.4 is 0 Å². The summed E-state index contributed by atoms with van der Waals surface area (Å²) in [7, 11) is 0. The SMILES string of the molecule is Cc1c(C(=O)O)ccc(C(=O)O)c1CCCCCCC(C)C. The molecular formula is C18H26O4. The van der Waals surface area contributed by atoms with Gasteiger partial charge in [0.25, 0.3) is 0 Å². The Morgan fingerprint density at radius 2 is 1.50 bits per heavy atom. The molecule has 4 heteroatoms. The summed E-state index contributed by atoms with van der Waals surface area (Å²) in [6, 6.07) is 2.79. The third-order valence-corrected chi connectivity index (χ3v) is 4.02. The molecule has 0 aromatic heterocycles. The Morgan fingerprint density at radius 3 is 2.05 bits per heavy atom. The molecule has 0 saturated heterocycles. The van der Waals surface area contributed by atoms with Crippen LogP contribution in [0, 0.1) is 12.8 Å². The van der Waals surface area contributed by atoms with Gasteiger partial charge in [0.15, 0.2) is 0 Å². The van der Waals surface area contributed by atoms with Gasteiger partial charge in [-0.05, 0) is 48.9 Å². The average molecular weight is 306 g/mol. The standard InChI is InChI=1S/C18H26O4/c1-12(2)8-6-4-5-7-9-14-13(3)15(17(19)20)10-11-16(14)18(21)22/h10-12H,4-9H2,1-3H3,(H,19,20)(H,21,22). The molecule has 2 N–H and O–H groups in total. The van der Waals surface area contributed by atoms with Crippen LogP contribution in [-0.2, 0) is 6.42 Å². The molecule has 4 nitrogen and oxygen atoms in total. The summed E-state index contributed by atoms with van der Waals surface area (Å²) >= 11 is 0. The normalized spacial score (nSPS) is 10.9. The summed E-state index contributed by atoms with van der Waals surface area (Å²) in [5.41, 5.74) is 1.66. The van der Waals surface area contributed by atoms with Crippen LogP contribution >= 0.6 is 0 Å². The van der Waals surface area contributed by atoms with E-state index in [4.69, 9.17) is 5.11 Å². The Kier molecular flexibility index (Phi) is 7.09. The Balaban J connectivity index is 2.73. The van der Waals surface area contributed by atoms with E-state index in [0.29, 0.717) is 23.5 Å². The molecule has 0 aliphatic carbocycles. The van der Waals surface area contributed by atoms with Crippen LogP contribution in [0.15, 0.2) is 12.1 Å². The summed E-state index contributed by atoms with van der Waals surface area (Å²) in [5, 5.41) is 18.4. The summed E-state index contributed by atoms with van der Waals surface area (Å²) in [5.74, 6) is -1.28. The first-order valence-electron chi connectivity index (χ1n) is 7.93. The van der Waals surface area contributed by atoms with Gasteiger partial charge in [-0.3, -0.25) is 0 Å². The van der Waals surface area contributed by atoms with Crippen LogP contribution in [0.25, 0.3) is 0 Å². The summed E-state index contributed by atoms with van der Waals surface area (Å²) in [6.07, 6.45) is 6.10. The Labute approximate surface area is 132 Å². The molecule has 0 fully saturated rings. The second-order valence-corrected chi connectivity index (χ2v) is 6.22. The lowest BCUT2D eigenvalue weighted by atomic mass is 9.92. The van der Waals surface area contributed by atoms with Crippen molar-refractivity contribution in [3.63, 3.8) is 0 Å². The minimum absolute atomic E-state index is 0.194. The Morgan fingerprint density at radius 1 is 0.955 bits per heavy atom. The van der Waals surface area contributed by atoms with Crippen molar-refractivity contribution < 1.29 is 19.8 Å². The van der Waals surface area contributed by atoms with Crippen molar-refractivity contribution in [3.8, 4) is 0 Å². The summed E-state index contributed by atoms with van der Waals surface area (Å²) < 4.78 is 0. The van der Waals surface area contributed by atoms with Gasteiger partial charge in [-0.1, -0.05) is 39.5 Å². The molecule has 0 aliphatic heterocycles. The quantitative estimate of drug-likeness (QED) is 0.657. The number of unbranched alkanes of at least 4 members (excludes halogenated alkanes) is 3. The highest BCUT2D eigenvalue weighted by molar-refractivity contribution is 5.94. The van der Waals surface area contributed by atoms with Crippen LogP contribution in [0.2, 0.25) is 0 Å². The maximum absolute atomic E-state index is 11.3. The van der Waals surface area contributed by atoms with Gasteiger partial charge >= 0.3 is 11.9 Å².